The zero-order chi connectivity index (χ0) is 16.3. The molecule has 2 aromatic rings. The van der Waals surface area contributed by atoms with Gasteiger partial charge in [-0.3, -0.25) is 9.20 Å². The van der Waals surface area contributed by atoms with Crippen molar-refractivity contribution >= 4 is 21.3 Å². The van der Waals surface area contributed by atoms with Gasteiger partial charge in [0.2, 0.25) is 15.0 Å². The Morgan fingerprint density at radius 2 is 2.18 bits per heavy atom. The van der Waals surface area contributed by atoms with E-state index in [2.05, 4.69) is 4.98 Å². The van der Waals surface area contributed by atoms with Crippen LogP contribution in [0.2, 0.25) is 0 Å². The molecule has 0 radical (unpaired) electrons. The van der Waals surface area contributed by atoms with E-state index < -0.39 is 15.7 Å². The Bertz CT molecular complexity index is 849. The second-order valence-corrected chi connectivity index (χ2v) is 6.77. The molecule has 0 saturated carbocycles. The lowest BCUT2D eigenvalue weighted by Gasteiger charge is -2.17. The molecule has 2 heterocycles. The largest absolute Gasteiger partial charge is 0.324 e. The van der Waals surface area contributed by atoms with Crippen molar-refractivity contribution in [2.24, 2.45) is 0 Å². The first-order valence-electron chi connectivity index (χ1n) is 6.73. The first kappa shape index (κ1) is 16.0. The highest BCUT2D eigenvalue weighted by Gasteiger charge is 2.25. The molecule has 0 atom stereocenters. The van der Waals surface area contributed by atoms with Crippen LogP contribution in [0.3, 0.4) is 0 Å². The number of rotatable bonds is 5. The van der Waals surface area contributed by atoms with E-state index in [0.717, 1.165) is 6.26 Å². The number of hydrogen-bond acceptors (Lipinski definition) is 5. The van der Waals surface area contributed by atoms with E-state index >= 15 is 0 Å². The monoisotopic (exact) mass is 320 g/mol. The number of pyridine rings is 1. The van der Waals surface area contributed by atoms with Crippen LogP contribution >= 0.6 is 0 Å². The standard InChI is InChI=1S/C14H16N4O3S/c1-3-8-17(10-7-15)13(19)12-11-6-4-5-9-18(11)14(16-12)22(2,20)21/h4-6,9H,3,8,10H2,1-2H3. The normalized spacial score (nSPS) is 11.3. The molecule has 0 unspecified atom stereocenters. The van der Waals surface area contributed by atoms with E-state index in [-0.39, 0.29) is 17.4 Å². The lowest BCUT2D eigenvalue weighted by Crippen LogP contribution is -2.32. The topological polar surface area (TPSA) is 95.5 Å². The quantitative estimate of drug-likeness (QED) is 0.769. The zero-order valence-electron chi connectivity index (χ0n) is 12.4. The third kappa shape index (κ3) is 2.94. The van der Waals surface area contributed by atoms with Gasteiger partial charge in [-0.1, -0.05) is 13.0 Å². The van der Waals surface area contributed by atoms with Crippen LogP contribution in [-0.2, 0) is 9.84 Å². The Morgan fingerprint density at radius 3 is 2.77 bits per heavy atom. The van der Waals surface area contributed by atoms with Gasteiger partial charge in [0.1, 0.15) is 6.54 Å². The summed E-state index contributed by atoms with van der Waals surface area (Å²) in [6, 6.07) is 6.94. The fourth-order valence-corrected chi connectivity index (χ4v) is 2.96. The highest BCUT2D eigenvalue weighted by atomic mass is 32.2. The molecule has 0 fully saturated rings. The summed E-state index contributed by atoms with van der Waals surface area (Å²) in [4.78, 5) is 18.0. The molecule has 0 bridgehead atoms. The predicted octanol–water partition coefficient (Wildman–Crippen LogP) is 1.11. The summed E-state index contributed by atoms with van der Waals surface area (Å²) in [5.74, 6) is -0.443. The first-order chi connectivity index (χ1) is 10.4. The molecule has 0 N–H and O–H groups in total. The number of nitrogens with zero attached hydrogens (tertiary/aromatic N) is 4. The van der Waals surface area contributed by atoms with Crippen molar-refractivity contribution in [3.63, 3.8) is 0 Å². The Morgan fingerprint density at radius 1 is 1.45 bits per heavy atom. The van der Waals surface area contributed by atoms with E-state index in [4.69, 9.17) is 5.26 Å². The molecular formula is C14H16N4O3S. The van der Waals surface area contributed by atoms with Crippen LogP contribution in [0.25, 0.3) is 5.52 Å². The summed E-state index contributed by atoms with van der Waals surface area (Å²) in [6.07, 6.45) is 3.28. The van der Waals surface area contributed by atoms with Crippen LogP contribution in [0, 0.1) is 11.3 Å². The molecule has 22 heavy (non-hydrogen) atoms. The van der Waals surface area contributed by atoms with Crippen molar-refractivity contribution in [1.82, 2.24) is 14.3 Å². The maximum Gasteiger partial charge on any atom is 0.275 e. The molecule has 2 rings (SSSR count). The second-order valence-electron chi connectivity index (χ2n) is 4.86. The minimum absolute atomic E-state index is 0.0460. The SMILES string of the molecule is CCCN(CC#N)C(=O)c1nc(S(C)(=O)=O)n2ccccc12. The first-order valence-corrected chi connectivity index (χ1v) is 8.62. The number of imidazole rings is 1. The average Bonchev–Trinajstić information content (AvgIpc) is 2.86. The van der Waals surface area contributed by atoms with E-state index in [9.17, 15) is 13.2 Å². The number of aromatic nitrogens is 2. The highest BCUT2D eigenvalue weighted by Crippen LogP contribution is 2.18. The van der Waals surface area contributed by atoms with Crippen LogP contribution in [0.4, 0.5) is 0 Å². The van der Waals surface area contributed by atoms with Gasteiger partial charge in [0.05, 0.1) is 11.6 Å². The van der Waals surface area contributed by atoms with Crippen LogP contribution in [-0.4, -0.2) is 48.0 Å². The Kier molecular flexibility index (Phi) is 4.47. The Balaban J connectivity index is 2.61. The molecule has 0 aliphatic carbocycles. The molecule has 116 valence electrons. The molecule has 7 nitrogen and oxygen atoms in total. The molecule has 0 aromatic carbocycles. The zero-order valence-corrected chi connectivity index (χ0v) is 13.2. The Labute approximate surface area is 128 Å². The van der Waals surface area contributed by atoms with Gasteiger partial charge in [0, 0.05) is 19.0 Å². The van der Waals surface area contributed by atoms with Crippen molar-refractivity contribution in [3.8, 4) is 6.07 Å². The van der Waals surface area contributed by atoms with Crippen LogP contribution in [0.5, 0.6) is 0 Å². The van der Waals surface area contributed by atoms with Crippen molar-refractivity contribution in [2.75, 3.05) is 19.3 Å². The Hall–Kier alpha value is -2.40. The summed E-state index contributed by atoms with van der Waals surface area (Å²) >= 11 is 0. The van der Waals surface area contributed by atoms with Gasteiger partial charge in [-0.25, -0.2) is 13.4 Å². The summed E-state index contributed by atoms with van der Waals surface area (Å²) in [6.45, 7) is 2.24. The summed E-state index contributed by atoms with van der Waals surface area (Å²) in [7, 11) is -3.58. The van der Waals surface area contributed by atoms with Gasteiger partial charge >= 0.3 is 0 Å². The number of carbonyl (C=O) groups is 1. The van der Waals surface area contributed by atoms with Gasteiger partial charge < -0.3 is 4.90 Å². The van der Waals surface area contributed by atoms with Crippen LogP contribution < -0.4 is 0 Å². The second kappa shape index (κ2) is 6.15. The maximum atomic E-state index is 12.6. The van der Waals surface area contributed by atoms with Crippen molar-refractivity contribution < 1.29 is 13.2 Å². The molecule has 0 saturated heterocycles. The molecule has 0 aliphatic heterocycles. The van der Waals surface area contributed by atoms with E-state index in [1.165, 1.54) is 9.30 Å². The number of sulfone groups is 1. The van der Waals surface area contributed by atoms with Gasteiger partial charge in [0.15, 0.2) is 5.69 Å². The molecule has 0 aliphatic rings. The minimum Gasteiger partial charge on any atom is -0.324 e. The van der Waals surface area contributed by atoms with E-state index in [1.54, 1.807) is 24.4 Å². The van der Waals surface area contributed by atoms with Gasteiger partial charge in [-0.2, -0.15) is 5.26 Å². The minimum atomic E-state index is -3.58. The summed E-state index contributed by atoms with van der Waals surface area (Å²) in [5, 5.41) is 8.66. The number of nitriles is 1. The van der Waals surface area contributed by atoms with Gasteiger partial charge in [0.25, 0.3) is 5.91 Å². The molecule has 0 spiro atoms. The molecule has 2 aromatic heterocycles. The fourth-order valence-electron chi connectivity index (χ4n) is 2.19. The fraction of sp³-hybridized carbons (Fsp3) is 0.357. The third-order valence-corrected chi connectivity index (χ3v) is 4.04. The molecule has 1 amide bonds. The maximum absolute atomic E-state index is 12.6. The average molecular weight is 320 g/mol. The van der Waals surface area contributed by atoms with Crippen LogP contribution in [0.1, 0.15) is 23.8 Å². The van der Waals surface area contributed by atoms with Gasteiger partial charge in [-0.05, 0) is 18.6 Å². The third-order valence-electron chi connectivity index (χ3n) is 3.09. The number of amides is 1. The van der Waals surface area contributed by atoms with E-state index in [1.807, 2.05) is 13.0 Å². The van der Waals surface area contributed by atoms with Crippen molar-refractivity contribution in [3.05, 3.63) is 30.1 Å². The number of carbonyl (C=O) groups excluding carboxylic acids is 1. The van der Waals surface area contributed by atoms with Crippen molar-refractivity contribution in [2.45, 2.75) is 18.5 Å². The molecular weight excluding hydrogens is 304 g/mol. The van der Waals surface area contributed by atoms with Crippen LogP contribution in [0.15, 0.2) is 29.6 Å². The summed E-state index contributed by atoms with van der Waals surface area (Å²) in [5.41, 5.74) is 0.455. The smallest absolute Gasteiger partial charge is 0.275 e. The number of fused-ring (bicyclic) bond motifs is 1. The van der Waals surface area contributed by atoms with E-state index in [0.29, 0.717) is 18.5 Å². The highest BCUT2D eigenvalue weighted by molar-refractivity contribution is 7.90. The van der Waals surface area contributed by atoms with Crippen molar-refractivity contribution in [1.29, 1.82) is 5.26 Å². The summed E-state index contributed by atoms with van der Waals surface area (Å²) < 4.78 is 25.1. The number of hydrogen-bond donors (Lipinski definition) is 0. The molecule has 8 heteroatoms. The lowest BCUT2D eigenvalue weighted by molar-refractivity contribution is 0.0772. The lowest BCUT2D eigenvalue weighted by atomic mass is 10.3. The predicted molar refractivity (Wildman–Crippen MR) is 80.1 cm³/mol. The van der Waals surface area contributed by atoms with Gasteiger partial charge in [-0.15, -0.1) is 0 Å².